The van der Waals surface area contributed by atoms with Gasteiger partial charge >= 0.3 is 12.0 Å². The molecule has 0 aromatic heterocycles. The van der Waals surface area contributed by atoms with Crippen molar-refractivity contribution in [3.05, 3.63) is 35.0 Å². The van der Waals surface area contributed by atoms with Crippen molar-refractivity contribution in [3.8, 4) is 11.5 Å². The summed E-state index contributed by atoms with van der Waals surface area (Å²) in [5.74, 6) is 0.672. The lowest BCUT2D eigenvalue weighted by Crippen LogP contribution is -2.53. The van der Waals surface area contributed by atoms with Gasteiger partial charge < -0.3 is 24.8 Å². The van der Waals surface area contributed by atoms with Gasteiger partial charge in [-0.1, -0.05) is 25.3 Å². The number of amides is 2. The van der Waals surface area contributed by atoms with Crippen LogP contribution >= 0.6 is 0 Å². The maximum Gasteiger partial charge on any atom is 0.338 e. The molecule has 0 radical (unpaired) electrons. The van der Waals surface area contributed by atoms with E-state index in [2.05, 4.69) is 20.4 Å². The molecule has 192 valence electrons. The van der Waals surface area contributed by atoms with Crippen LogP contribution in [0.4, 0.5) is 4.79 Å². The van der Waals surface area contributed by atoms with Crippen LogP contribution in [0.5, 0.6) is 11.5 Å². The van der Waals surface area contributed by atoms with Crippen molar-refractivity contribution in [2.45, 2.75) is 51.1 Å². The molecule has 1 saturated heterocycles. The predicted octanol–water partition coefficient (Wildman–Crippen LogP) is 2.83. The predicted molar refractivity (Wildman–Crippen MR) is 132 cm³/mol. The summed E-state index contributed by atoms with van der Waals surface area (Å²) in [6.07, 6.45) is 6.62. The van der Waals surface area contributed by atoms with Crippen LogP contribution in [-0.2, 0) is 9.53 Å². The molecule has 4 rings (SSSR count). The quantitative estimate of drug-likeness (QED) is 0.546. The van der Waals surface area contributed by atoms with Crippen LogP contribution < -0.4 is 20.1 Å². The molecule has 2 amide bonds. The molecular formula is C26H38N4O5. The lowest BCUT2D eigenvalue weighted by molar-refractivity contribution is -0.139. The first-order valence-electron chi connectivity index (χ1n) is 12.7. The normalized spacial score (nSPS) is 22.4. The zero-order chi connectivity index (χ0) is 24.8. The summed E-state index contributed by atoms with van der Waals surface area (Å²) in [5.41, 5.74) is 1.74. The Hall–Kier alpha value is -2.78. The van der Waals surface area contributed by atoms with E-state index in [1.165, 1.54) is 32.1 Å². The molecule has 2 aliphatic heterocycles. The fraction of sp³-hybridized carbons (Fsp3) is 0.615. The summed E-state index contributed by atoms with van der Waals surface area (Å²) < 4.78 is 16.2. The van der Waals surface area contributed by atoms with Gasteiger partial charge in [0.05, 0.1) is 32.4 Å². The molecular weight excluding hydrogens is 448 g/mol. The topological polar surface area (TPSA) is 92.4 Å². The van der Waals surface area contributed by atoms with Crippen LogP contribution in [0.3, 0.4) is 0 Å². The first-order chi connectivity index (χ1) is 17.0. The number of urea groups is 1. The minimum atomic E-state index is -0.652. The van der Waals surface area contributed by atoms with E-state index < -0.39 is 12.0 Å². The fourth-order valence-electron chi connectivity index (χ4n) is 5.43. The third kappa shape index (κ3) is 5.90. The van der Waals surface area contributed by atoms with Crippen LogP contribution in [0.1, 0.15) is 50.6 Å². The summed E-state index contributed by atoms with van der Waals surface area (Å²) >= 11 is 0. The Kier molecular flexibility index (Phi) is 8.51. The maximum atomic E-state index is 13.1. The molecule has 1 saturated carbocycles. The Balaban J connectivity index is 1.56. The molecule has 9 nitrogen and oxygen atoms in total. The number of hydrogen-bond acceptors (Lipinski definition) is 7. The third-order valence-corrected chi connectivity index (χ3v) is 7.27. The van der Waals surface area contributed by atoms with E-state index in [4.69, 9.17) is 14.2 Å². The number of carbonyl (C=O) groups excluding carboxylic acids is 2. The summed E-state index contributed by atoms with van der Waals surface area (Å²) in [6.45, 7) is 6.35. The number of nitrogens with zero attached hydrogens (tertiary/aromatic N) is 2. The van der Waals surface area contributed by atoms with Crippen molar-refractivity contribution >= 4 is 12.0 Å². The minimum Gasteiger partial charge on any atom is -0.493 e. The van der Waals surface area contributed by atoms with Crippen LogP contribution in [0.2, 0.25) is 0 Å². The molecule has 0 unspecified atom stereocenters. The second-order valence-electron chi connectivity index (χ2n) is 9.36. The van der Waals surface area contributed by atoms with Gasteiger partial charge in [0.25, 0.3) is 0 Å². The third-order valence-electron chi connectivity index (χ3n) is 7.27. The molecule has 0 bridgehead atoms. The Labute approximate surface area is 207 Å². The number of ether oxygens (including phenoxy) is 3. The summed E-state index contributed by atoms with van der Waals surface area (Å²) in [4.78, 5) is 30.7. The number of benzene rings is 1. The van der Waals surface area contributed by atoms with Crippen molar-refractivity contribution in [1.29, 1.82) is 0 Å². The first-order valence-corrected chi connectivity index (χ1v) is 12.7. The Morgan fingerprint density at radius 3 is 2.40 bits per heavy atom. The highest BCUT2D eigenvalue weighted by Crippen LogP contribution is 2.34. The van der Waals surface area contributed by atoms with E-state index in [1.807, 2.05) is 6.07 Å². The van der Waals surface area contributed by atoms with Gasteiger partial charge in [0.2, 0.25) is 0 Å². The largest absolute Gasteiger partial charge is 0.493 e. The molecule has 1 atom stereocenters. The van der Waals surface area contributed by atoms with Gasteiger partial charge in [0.15, 0.2) is 11.5 Å². The highest BCUT2D eigenvalue weighted by Gasteiger charge is 2.35. The van der Waals surface area contributed by atoms with Crippen molar-refractivity contribution in [1.82, 2.24) is 20.4 Å². The van der Waals surface area contributed by atoms with Crippen LogP contribution in [0.15, 0.2) is 29.5 Å². The van der Waals surface area contributed by atoms with Gasteiger partial charge in [-0.2, -0.15) is 0 Å². The zero-order valence-corrected chi connectivity index (χ0v) is 21.1. The number of esters is 1. The zero-order valence-electron chi connectivity index (χ0n) is 21.1. The standard InChI is InChI=1S/C26H38N4O5/c1-4-35-25(31)23-20(17-29-12-14-30(15-13-29)19-8-6-5-7-9-19)27-26(32)28-24(23)18-10-11-21(33-2)22(16-18)34-3/h10-11,16,19,24H,4-9,12-15,17H2,1-3H3,(H2,27,28,32)/t24-/m1/s1. The second kappa shape index (κ2) is 11.8. The van der Waals surface area contributed by atoms with Crippen molar-refractivity contribution in [2.75, 3.05) is 53.6 Å². The monoisotopic (exact) mass is 486 g/mol. The van der Waals surface area contributed by atoms with Crippen molar-refractivity contribution in [2.24, 2.45) is 0 Å². The van der Waals surface area contributed by atoms with Gasteiger partial charge in [0.1, 0.15) is 0 Å². The van der Waals surface area contributed by atoms with Crippen LogP contribution in [-0.4, -0.2) is 81.4 Å². The summed E-state index contributed by atoms with van der Waals surface area (Å²) in [7, 11) is 3.13. The van der Waals surface area contributed by atoms with Gasteiger partial charge in [-0.05, 0) is 37.5 Å². The van der Waals surface area contributed by atoms with Crippen molar-refractivity contribution < 1.29 is 23.8 Å². The highest BCUT2D eigenvalue weighted by molar-refractivity contribution is 5.95. The lowest BCUT2D eigenvalue weighted by Gasteiger charge is -2.41. The molecule has 35 heavy (non-hydrogen) atoms. The second-order valence-corrected chi connectivity index (χ2v) is 9.36. The molecule has 1 aromatic carbocycles. The molecule has 0 spiro atoms. The number of nitrogens with one attached hydrogen (secondary N) is 2. The number of piperazine rings is 1. The highest BCUT2D eigenvalue weighted by atomic mass is 16.5. The van der Waals surface area contributed by atoms with Gasteiger partial charge in [-0.3, -0.25) is 9.80 Å². The number of carbonyl (C=O) groups is 2. The smallest absolute Gasteiger partial charge is 0.338 e. The number of hydrogen-bond donors (Lipinski definition) is 2. The van der Waals surface area contributed by atoms with Crippen LogP contribution in [0, 0.1) is 0 Å². The molecule has 3 aliphatic rings. The lowest BCUT2D eigenvalue weighted by atomic mass is 9.93. The molecule has 1 aliphatic carbocycles. The molecule has 2 heterocycles. The van der Waals surface area contributed by atoms with Gasteiger partial charge in [-0.25, -0.2) is 9.59 Å². The van der Waals surface area contributed by atoms with E-state index in [-0.39, 0.29) is 12.6 Å². The van der Waals surface area contributed by atoms with E-state index in [0.717, 1.165) is 31.7 Å². The fourth-order valence-corrected chi connectivity index (χ4v) is 5.43. The van der Waals surface area contributed by atoms with Crippen LogP contribution in [0.25, 0.3) is 0 Å². The van der Waals surface area contributed by atoms with Crippen molar-refractivity contribution in [3.63, 3.8) is 0 Å². The van der Waals surface area contributed by atoms with E-state index in [9.17, 15) is 9.59 Å². The average molecular weight is 487 g/mol. The van der Waals surface area contributed by atoms with E-state index >= 15 is 0 Å². The molecule has 2 fully saturated rings. The number of rotatable bonds is 8. The van der Waals surface area contributed by atoms with Gasteiger partial charge in [0, 0.05) is 44.5 Å². The van der Waals surface area contributed by atoms with E-state index in [0.29, 0.717) is 35.4 Å². The average Bonchev–Trinajstić information content (AvgIpc) is 2.89. The number of methoxy groups -OCH3 is 2. The van der Waals surface area contributed by atoms with Gasteiger partial charge in [-0.15, -0.1) is 0 Å². The Morgan fingerprint density at radius 2 is 1.74 bits per heavy atom. The first kappa shape index (κ1) is 25.3. The summed E-state index contributed by atoms with van der Waals surface area (Å²) in [6, 6.07) is 5.10. The maximum absolute atomic E-state index is 13.1. The summed E-state index contributed by atoms with van der Waals surface area (Å²) in [5, 5.41) is 5.79. The minimum absolute atomic E-state index is 0.252. The van der Waals surface area contributed by atoms with E-state index in [1.54, 1.807) is 33.3 Å². The molecule has 2 N–H and O–H groups in total. The Bertz CT molecular complexity index is 936. The SMILES string of the molecule is CCOC(=O)C1=C(CN2CCN(C3CCCCC3)CC2)NC(=O)N[C@@H]1c1ccc(OC)c(OC)c1. The molecule has 9 heteroatoms. The Morgan fingerprint density at radius 1 is 1.03 bits per heavy atom. The molecule has 1 aromatic rings.